The molecule has 1 amide bonds. The van der Waals surface area contributed by atoms with Crippen LogP contribution in [0, 0.1) is 0 Å². The number of para-hydroxylation sites is 1. The molecule has 0 aromatic heterocycles. The molecule has 0 bridgehead atoms. The largest absolute Gasteiger partial charge is 0.480 e. The van der Waals surface area contributed by atoms with Crippen LogP contribution < -0.4 is 10.1 Å². The van der Waals surface area contributed by atoms with Crippen LogP contribution in [-0.2, 0) is 25.8 Å². The molecule has 7 nitrogen and oxygen atoms in total. The Morgan fingerprint density at radius 2 is 1.45 bits per heavy atom. The van der Waals surface area contributed by atoms with Crippen LogP contribution in [0.5, 0.6) is 11.5 Å². The maximum atomic E-state index is 12.8. The quantitative estimate of drug-likeness (QED) is 0.467. The van der Waals surface area contributed by atoms with E-state index in [0.29, 0.717) is 22.6 Å². The predicted octanol–water partition coefficient (Wildman–Crippen LogP) is 3.68. The molecule has 2 N–H and O–H groups in total. The number of carbonyl (C=O) groups excluding carboxylic acids is 1. The lowest BCUT2D eigenvalue weighted by Gasteiger charge is -2.15. The van der Waals surface area contributed by atoms with Crippen molar-refractivity contribution in [2.24, 2.45) is 0 Å². The zero-order valence-electron chi connectivity index (χ0n) is 17.8. The zero-order valence-corrected chi connectivity index (χ0v) is 18.7. The summed E-state index contributed by atoms with van der Waals surface area (Å²) in [6.45, 7) is 0. The van der Waals surface area contributed by atoms with Gasteiger partial charge in [-0.2, -0.15) is 0 Å². The highest BCUT2D eigenvalue weighted by molar-refractivity contribution is 7.95. The van der Waals surface area contributed by atoms with Gasteiger partial charge in [0.25, 0.3) is 5.91 Å². The van der Waals surface area contributed by atoms with Crippen molar-refractivity contribution in [2.45, 2.75) is 12.5 Å². The van der Waals surface area contributed by atoms with Gasteiger partial charge in [0.2, 0.25) is 0 Å². The molecule has 1 atom stereocenters. The van der Waals surface area contributed by atoms with E-state index >= 15 is 0 Å². The van der Waals surface area contributed by atoms with Crippen molar-refractivity contribution in [1.29, 1.82) is 0 Å². The lowest BCUT2D eigenvalue weighted by molar-refractivity contribution is -0.141. The highest BCUT2D eigenvalue weighted by Gasteiger charge is 2.26. The van der Waals surface area contributed by atoms with Crippen LogP contribution in [0.2, 0.25) is 0 Å². The number of hydrogen-bond acceptors (Lipinski definition) is 5. The van der Waals surface area contributed by atoms with E-state index in [1.54, 1.807) is 66.7 Å². The first-order valence-corrected chi connectivity index (χ1v) is 11.9. The van der Waals surface area contributed by atoms with Gasteiger partial charge in [-0.05, 0) is 41.5 Å². The molecule has 33 heavy (non-hydrogen) atoms. The van der Waals surface area contributed by atoms with E-state index in [9.17, 15) is 23.1 Å². The van der Waals surface area contributed by atoms with Crippen LogP contribution in [-0.4, -0.2) is 37.7 Å². The summed E-state index contributed by atoms with van der Waals surface area (Å²) >= 11 is 0. The fourth-order valence-electron chi connectivity index (χ4n) is 3.03. The summed E-state index contributed by atoms with van der Waals surface area (Å²) in [6, 6.07) is 23.1. The Morgan fingerprint density at radius 1 is 0.909 bits per heavy atom. The standard InChI is InChI=1S/C25H23NO6S/c1-33(30,31)23(24(27)26-22(25(28)29)16-18-8-4-2-5-9-18)17-19-12-14-21(15-13-19)32-20-10-6-3-7-11-20/h2-15,17,22H,16H2,1H3,(H,26,27)(H,28,29)/t22-/m0/s1. The summed E-state index contributed by atoms with van der Waals surface area (Å²) in [7, 11) is -3.94. The summed E-state index contributed by atoms with van der Waals surface area (Å²) in [6.07, 6.45) is 2.13. The normalized spacial score (nSPS) is 12.6. The molecule has 0 aliphatic heterocycles. The first kappa shape index (κ1) is 23.7. The van der Waals surface area contributed by atoms with Gasteiger partial charge in [-0.1, -0.05) is 60.7 Å². The Balaban J connectivity index is 1.79. The molecule has 0 aliphatic carbocycles. The number of ether oxygens (including phenoxy) is 1. The minimum absolute atomic E-state index is 0.0183. The third-order valence-corrected chi connectivity index (χ3v) is 5.77. The molecule has 0 aliphatic rings. The predicted molar refractivity (Wildman–Crippen MR) is 125 cm³/mol. The molecule has 0 saturated carbocycles. The van der Waals surface area contributed by atoms with Crippen molar-refractivity contribution in [3.05, 3.63) is 101 Å². The van der Waals surface area contributed by atoms with Crippen LogP contribution in [0.4, 0.5) is 0 Å². The first-order chi connectivity index (χ1) is 15.7. The molecular weight excluding hydrogens is 442 g/mol. The van der Waals surface area contributed by atoms with Crippen LogP contribution in [0.15, 0.2) is 89.8 Å². The topological polar surface area (TPSA) is 110 Å². The maximum absolute atomic E-state index is 12.8. The summed E-state index contributed by atoms with van der Waals surface area (Å²) in [5.74, 6) is -1.06. The minimum atomic E-state index is -3.94. The van der Waals surface area contributed by atoms with Gasteiger partial charge >= 0.3 is 5.97 Å². The Bertz CT molecular complexity index is 1240. The number of carbonyl (C=O) groups is 2. The lowest BCUT2D eigenvalue weighted by Crippen LogP contribution is -2.43. The van der Waals surface area contributed by atoms with Crippen LogP contribution in [0.3, 0.4) is 0 Å². The molecule has 3 rings (SSSR count). The van der Waals surface area contributed by atoms with E-state index in [2.05, 4.69) is 5.32 Å². The molecule has 0 fully saturated rings. The number of rotatable bonds is 9. The fraction of sp³-hybridized carbons (Fsp3) is 0.120. The highest BCUT2D eigenvalue weighted by Crippen LogP contribution is 2.22. The Kier molecular flexibility index (Phi) is 7.63. The SMILES string of the molecule is CS(=O)(=O)C(=Cc1ccc(Oc2ccccc2)cc1)C(=O)N[C@@H](Cc1ccccc1)C(=O)O. The van der Waals surface area contributed by atoms with Crippen molar-refractivity contribution in [1.82, 2.24) is 5.32 Å². The fourth-order valence-corrected chi connectivity index (χ4v) is 3.77. The van der Waals surface area contributed by atoms with Gasteiger partial charge in [0.05, 0.1) is 0 Å². The van der Waals surface area contributed by atoms with E-state index in [1.165, 1.54) is 6.08 Å². The summed E-state index contributed by atoms with van der Waals surface area (Å²) in [4.78, 5) is 23.9. The smallest absolute Gasteiger partial charge is 0.326 e. The zero-order chi connectivity index (χ0) is 23.8. The van der Waals surface area contributed by atoms with Crippen molar-refractivity contribution < 1.29 is 27.9 Å². The number of carboxylic acid groups (broad SMARTS) is 1. The second-order valence-corrected chi connectivity index (χ2v) is 9.30. The van der Waals surface area contributed by atoms with Crippen molar-refractivity contribution in [3.63, 3.8) is 0 Å². The summed E-state index contributed by atoms with van der Waals surface area (Å²) < 4.78 is 30.3. The molecular formula is C25H23NO6S. The third-order valence-electron chi connectivity index (χ3n) is 4.67. The lowest BCUT2D eigenvalue weighted by atomic mass is 10.1. The molecule has 3 aromatic carbocycles. The maximum Gasteiger partial charge on any atom is 0.326 e. The van der Waals surface area contributed by atoms with E-state index in [-0.39, 0.29) is 6.42 Å². The minimum Gasteiger partial charge on any atom is -0.480 e. The molecule has 170 valence electrons. The monoisotopic (exact) mass is 465 g/mol. The van der Waals surface area contributed by atoms with Crippen molar-refractivity contribution >= 4 is 27.8 Å². The average Bonchev–Trinajstić information content (AvgIpc) is 2.78. The van der Waals surface area contributed by atoms with Crippen molar-refractivity contribution in [3.8, 4) is 11.5 Å². The first-order valence-electron chi connectivity index (χ1n) is 10.0. The number of nitrogens with one attached hydrogen (secondary N) is 1. The average molecular weight is 466 g/mol. The molecule has 0 unspecified atom stereocenters. The number of carboxylic acids is 1. The molecule has 0 radical (unpaired) electrons. The molecule has 0 heterocycles. The molecule has 3 aromatic rings. The van der Waals surface area contributed by atoms with Gasteiger partial charge < -0.3 is 15.2 Å². The Morgan fingerprint density at radius 3 is 2.00 bits per heavy atom. The highest BCUT2D eigenvalue weighted by atomic mass is 32.2. The summed E-state index contributed by atoms with van der Waals surface area (Å²) in [5.41, 5.74) is 1.14. The van der Waals surface area contributed by atoms with Gasteiger partial charge in [0.15, 0.2) is 9.84 Å². The number of hydrogen-bond donors (Lipinski definition) is 2. The summed E-state index contributed by atoms with van der Waals surface area (Å²) in [5, 5.41) is 11.8. The number of aliphatic carboxylic acids is 1. The van der Waals surface area contributed by atoms with E-state index in [0.717, 1.165) is 6.26 Å². The van der Waals surface area contributed by atoms with E-state index < -0.39 is 32.7 Å². The third kappa shape index (κ3) is 7.05. The van der Waals surface area contributed by atoms with Gasteiger partial charge in [0, 0.05) is 12.7 Å². The van der Waals surface area contributed by atoms with E-state index in [1.807, 2.05) is 18.2 Å². The number of sulfone groups is 1. The van der Waals surface area contributed by atoms with Crippen LogP contribution in [0.1, 0.15) is 11.1 Å². The van der Waals surface area contributed by atoms with Crippen LogP contribution >= 0.6 is 0 Å². The second kappa shape index (κ2) is 10.6. The van der Waals surface area contributed by atoms with Gasteiger partial charge in [-0.25, -0.2) is 13.2 Å². The number of benzene rings is 3. The Hall–Kier alpha value is -3.91. The second-order valence-electron chi connectivity index (χ2n) is 7.32. The van der Waals surface area contributed by atoms with E-state index in [4.69, 9.17) is 4.74 Å². The van der Waals surface area contributed by atoms with Crippen molar-refractivity contribution in [2.75, 3.05) is 6.26 Å². The van der Waals surface area contributed by atoms with Crippen LogP contribution in [0.25, 0.3) is 6.08 Å². The van der Waals surface area contributed by atoms with Gasteiger partial charge in [-0.15, -0.1) is 0 Å². The molecule has 0 spiro atoms. The Labute approximate surface area is 192 Å². The van der Waals surface area contributed by atoms with Gasteiger partial charge in [-0.3, -0.25) is 4.79 Å². The number of amides is 1. The van der Waals surface area contributed by atoms with Gasteiger partial charge in [0.1, 0.15) is 22.4 Å². The molecule has 0 saturated heterocycles. The molecule has 8 heteroatoms.